The monoisotopic (exact) mass is 270 g/mol. The van der Waals surface area contributed by atoms with E-state index in [1.54, 1.807) is 6.92 Å². The van der Waals surface area contributed by atoms with Gasteiger partial charge in [-0.1, -0.05) is 20.3 Å². The molecule has 0 N–H and O–H groups in total. The fourth-order valence-electron chi connectivity index (χ4n) is 2.83. The van der Waals surface area contributed by atoms with Crippen molar-refractivity contribution in [1.82, 2.24) is 0 Å². The predicted molar refractivity (Wildman–Crippen MR) is 72.5 cm³/mol. The Morgan fingerprint density at radius 3 is 2.58 bits per heavy atom. The lowest BCUT2D eigenvalue weighted by atomic mass is 9.71. The number of rotatable bonds is 5. The highest BCUT2D eigenvalue weighted by Crippen LogP contribution is 2.40. The second kappa shape index (κ2) is 6.92. The number of hydrogen-bond acceptors (Lipinski definition) is 4. The van der Waals surface area contributed by atoms with Crippen LogP contribution in [0.15, 0.2) is 0 Å². The predicted octanol–water partition coefficient (Wildman–Crippen LogP) is 3.09. The first-order chi connectivity index (χ1) is 8.84. The molecule has 1 fully saturated rings. The maximum absolute atomic E-state index is 11.6. The molecule has 2 unspecified atom stereocenters. The van der Waals surface area contributed by atoms with Gasteiger partial charge < -0.3 is 9.47 Å². The summed E-state index contributed by atoms with van der Waals surface area (Å²) in [6.07, 6.45) is 4.16. The number of ether oxygens (including phenoxy) is 2. The summed E-state index contributed by atoms with van der Waals surface area (Å²) < 4.78 is 10.1. The van der Waals surface area contributed by atoms with Crippen LogP contribution in [-0.4, -0.2) is 24.6 Å². The fraction of sp³-hybridized carbons (Fsp3) is 0.867. The molecule has 1 aliphatic rings. The Morgan fingerprint density at radius 2 is 2.00 bits per heavy atom. The lowest BCUT2D eigenvalue weighted by molar-refractivity contribution is -0.159. The molecule has 0 aliphatic heterocycles. The molecule has 4 heteroatoms. The van der Waals surface area contributed by atoms with Crippen LogP contribution in [0.5, 0.6) is 0 Å². The Hall–Kier alpha value is -1.06. The second-order valence-electron chi connectivity index (χ2n) is 6.20. The van der Waals surface area contributed by atoms with Gasteiger partial charge in [-0.25, -0.2) is 0 Å². The number of carbonyl (C=O) groups excluding carboxylic acids is 2. The van der Waals surface area contributed by atoms with E-state index in [1.165, 1.54) is 12.8 Å². The van der Waals surface area contributed by atoms with E-state index in [9.17, 15) is 9.59 Å². The molecule has 1 saturated carbocycles. The van der Waals surface area contributed by atoms with Gasteiger partial charge in [-0.2, -0.15) is 0 Å². The highest BCUT2D eigenvalue weighted by atomic mass is 16.6. The number of hydrogen-bond donors (Lipinski definition) is 0. The summed E-state index contributed by atoms with van der Waals surface area (Å²) in [6.45, 7) is 8.45. The van der Waals surface area contributed by atoms with Crippen LogP contribution < -0.4 is 0 Å². The molecular weight excluding hydrogens is 244 g/mol. The molecular formula is C15H26O4. The van der Waals surface area contributed by atoms with Gasteiger partial charge in [0, 0.05) is 0 Å². The summed E-state index contributed by atoms with van der Waals surface area (Å²) in [7, 11) is 0. The normalized spacial score (nSPS) is 23.5. The molecule has 4 nitrogen and oxygen atoms in total. The molecule has 0 aromatic carbocycles. The van der Waals surface area contributed by atoms with Gasteiger partial charge in [-0.3, -0.25) is 9.59 Å². The van der Waals surface area contributed by atoms with Crippen molar-refractivity contribution < 1.29 is 19.1 Å². The molecule has 1 aliphatic carbocycles. The Bertz CT molecular complexity index is 322. The zero-order chi connectivity index (χ0) is 14.5. The summed E-state index contributed by atoms with van der Waals surface area (Å²) in [5, 5.41) is 0. The van der Waals surface area contributed by atoms with Crippen LogP contribution in [0, 0.1) is 11.3 Å². The average Bonchev–Trinajstić information content (AvgIpc) is 2.27. The van der Waals surface area contributed by atoms with Crippen molar-refractivity contribution >= 4 is 11.9 Å². The second-order valence-corrected chi connectivity index (χ2v) is 6.20. The van der Waals surface area contributed by atoms with Crippen LogP contribution in [0.2, 0.25) is 0 Å². The third-order valence-electron chi connectivity index (χ3n) is 3.82. The fourth-order valence-corrected chi connectivity index (χ4v) is 2.83. The van der Waals surface area contributed by atoms with Gasteiger partial charge >= 0.3 is 11.9 Å². The van der Waals surface area contributed by atoms with Crippen molar-refractivity contribution in [2.45, 2.75) is 65.9 Å². The maximum Gasteiger partial charge on any atom is 0.317 e. The minimum atomic E-state index is -0.510. The highest BCUT2D eigenvalue weighted by Gasteiger charge is 2.32. The van der Waals surface area contributed by atoms with Crippen molar-refractivity contribution in [3.05, 3.63) is 0 Å². The third kappa shape index (κ3) is 5.62. The Labute approximate surface area is 115 Å². The minimum Gasteiger partial charge on any atom is -0.466 e. The zero-order valence-corrected chi connectivity index (χ0v) is 12.5. The largest absolute Gasteiger partial charge is 0.466 e. The molecule has 0 aromatic heterocycles. The van der Waals surface area contributed by atoms with Crippen LogP contribution in [0.1, 0.15) is 59.8 Å². The molecule has 1 rings (SSSR count). The first-order valence-corrected chi connectivity index (χ1v) is 7.19. The van der Waals surface area contributed by atoms with Gasteiger partial charge in [0.25, 0.3) is 0 Å². The van der Waals surface area contributed by atoms with E-state index >= 15 is 0 Å². The maximum atomic E-state index is 11.6. The molecule has 0 spiro atoms. The van der Waals surface area contributed by atoms with E-state index in [0.717, 1.165) is 12.8 Å². The van der Waals surface area contributed by atoms with E-state index in [1.807, 2.05) is 6.92 Å². The topological polar surface area (TPSA) is 52.6 Å². The van der Waals surface area contributed by atoms with Crippen LogP contribution in [0.3, 0.4) is 0 Å². The first kappa shape index (κ1) is 16.0. The smallest absolute Gasteiger partial charge is 0.317 e. The van der Waals surface area contributed by atoms with Crippen molar-refractivity contribution in [2.75, 3.05) is 6.61 Å². The lowest BCUT2D eigenvalue weighted by Crippen LogP contribution is -2.32. The molecule has 19 heavy (non-hydrogen) atoms. The molecule has 0 radical (unpaired) electrons. The molecule has 0 aromatic rings. The minimum absolute atomic E-state index is 0.124. The Morgan fingerprint density at radius 1 is 1.32 bits per heavy atom. The highest BCUT2D eigenvalue weighted by molar-refractivity contribution is 5.91. The lowest BCUT2D eigenvalue weighted by Gasteiger charge is -2.37. The Balaban J connectivity index is 2.39. The quantitative estimate of drug-likeness (QED) is 0.569. The number of esters is 2. The zero-order valence-electron chi connectivity index (χ0n) is 12.5. The molecule has 0 amide bonds. The summed E-state index contributed by atoms with van der Waals surface area (Å²) in [6, 6.07) is 0. The summed E-state index contributed by atoms with van der Waals surface area (Å²) >= 11 is 0. The van der Waals surface area contributed by atoms with E-state index in [0.29, 0.717) is 17.9 Å². The molecule has 2 atom stereocenters. The van der Waals surface area contributed by atoms with Crippen LogP contribution in [0.4, 0.5) is 0 Å². The molecule has 110 valence electrons. The molecule has 0 saturated heterocycles. The van der Waals surface area contributed by atoms with Crippen LogP contribution in [-0.2, 0) is 19.1 Å². The number of carbonyl (C=O) groups is 2. The summed E-state index contributed by atoms with van der Waals surface area (Å²) in [5.74, 6) is -0.590. The van der Waals surface area contributed by atoms with Crippen LogP contribution in [0.25, 0.3) is 0 Å². The van der Waals surface area contributed by atoms with Gasteiger partial charge in [0.2, 0.25) is 0 Å². The van der Waals surface area contributed by atoms with Crippen molar-refractivity contribution in [2.24, 2.45) is 11.3 Å². The average molecular weight is 270 g/mol. The van der Waals surface area contributed by atoms with Crippen molar-refractivity contribution in [3.63, 3.8) is 0 Å². The van der Waals surface area contributed by atoms with Gasteiger partial charge in [0.05, 0.1) is 6.61 Å². The standard InChI is InChI=1S/C15H26O4/c1-5-18-13(16)9-14(17)19-11(2)12-7-6-8-15(3,4)10-12/h11-12H,5-10H2,1-4H3. The van der Waals surface area contributed by atoms with Gasteiger partial charge in [-0.15, -0.1) is 0 Å². The molecule has 0 bridgehead atoms. The van der Waals surface area contributed by atoms with E-state index in [4.69, 9.17) is 9.47 Å². The molecule has 0 heterocycles. The van der Waals surface area contributed by atoms with Gasteiger partial charge in [0.1, 0.15) is 12.5 Å². The van der Waals surface area contributed by atoms with Gasteiger partial charge in [-0.05, 0) is 44.4 Å². The van der Waals surface area contributed by atoms with E-state index < -0.39 is 11.9 Å². The van der Waals surface area contributed by atoms with Gasteiger partial charge in [0.15, 0.2) is 0 Å². The summed E-state index contributed by atoms with van der Waals surface area (Å²) in [4.78, 5) is 22.8. The van der Waals surface area contributed by atoms with E-state index in [-0.39, 0.29) is 12.5 Å². The Kier molecular flexibility index (Phi) is 5.83. The SMILES string of the molecule is CCOC(=O)CC(=O)OC(C)C1CCCC(C)(C)C1. The first-order valence-electron chi connectivity index (χ1n) is 7.19. The van der Waals surface area contributed by atoms with E-state index in [2.05, 4.69) is 13.8 Å². The van der Waals surface area contributed by atoms with Crippen molar-refractivity contribution in [3.8, 4) is 0 Å². The summed E-state index contributed by atoms with van der Waals surface area (Å²) in [5.41, 5.74) is 0.324. The van der Waals surface area contributed by atoms with Crippen molar-refractivity contribution in [1.29, 1.82) is 0 Å². The van der Waals surface area contributed by atoms with Crippen LogP contribution >= 0.6 is 0 Å². The third-order valence-corrected chi connectivity index (χ3v) is 3.82.